The van der Waals surface area contributed by atoms with Crippen LogP contribution in [0.3, 0.4) is 0 Å². The summed E-state index contributed by atoms with van der Waals surface area (Å²) in [6, 6.07) is 6.98. The Morgan fingerprint density at radius 1 is 1.16 bits per heavy atom. The van der Waals surface area contributed by atoms with Crippen molar-refractivity contribution in [3.05, 3.63) is 35.4 Å². The smallest absolute Gasteiger partial charge is 0.417 e. The maximum atomic E-state index is 13.7. The van der Waals surface area contributed by atoms with Gasteiger partial charge in [0.25, 0.3) is 0 Å². The van der Waals surface area contributed by atoms with Crippen molar-refractivity contribution in [1.29, 1.82) is 5.26 Å². The number of nitrogens with one attached hydrogen (secondary N) is 1. The van der Waals surface area contributed by atoms with E-state index in [9.17, 15) is 23.2 Å². The number of methoxy groups -OCH3 is 2. The SMILES string of the molecule is COc1ccc(-c2cc(C(F)(F)F)c(C#N)c(SCC(=O)NC(C)(C)C)n2)cc1OC. The summed E-state index contributed by atoms with van der Waals surface area (Å²) in [6.07, 6.45) is -4.78. The molecule has 0 fully saturated rings. The predicted octanol–water partition coefficient (Wildman–Crippen LogP) is 4.66. The van der Waals surface area contributed by atoms with Crippen molar-refractivity contribution < 1.29 is 27.4 Å². The van der Waals surface area contributed by atoms with E-state index in [-0.39, 0.29) is 22.4 Å². The van der Waals surface area contributed by atoms with Gasteiger partial charge in [0.05, 0.1) is 36.8 Å². The number of hydrogen-bond acceptors (Lipinski definition) is 6. The number of amides is 1. The Bertz CT molecular complexity index is 1010. The third-order valence-corrected chi connectivity index (χ3v) is 4.91. The maximum Gasteiger partial charge on any atom is 0.417 e. The maximum absolute atomic E-state index is 13.7. The normalized spacial score (nSPS) is 11.6. The van der Waals surface area contributed by atoms with E-state index in [1.807, 2.05) is 0 Å². The molecule has 0 aliphatic rings. The number of pyridine rings is 1. The first-order valence-electron chi connectivity index (χ1n) is 9.08. The highest BCUT2D eigenvalue weighted by molar-refractivity contribution is 8.00. The summed E-state index contributed by atoms with van der Waals surface area (Å²) in [4.78, 5) is 16.4. The van der Waals surface area contributed by atoms with Crippen molar-refractivity contribution in [2.24, 2.45) is 0 Å². The van der Waals surface area contributed by atoms with Gasteiger partial charge in [-0.2, -0.15) is 18.4 Å². The van der Waals surface area contributed by atoms with Gasteiger partial charge in [0.15, 0.2) is 11.5 Å². The average Bonchev–Trinajstić information content (AvgIpc) is 2.68. The van der Waals surface area contributed by atoms with Crippen LogP contribution in [0.1, 0.15) is 31.9 Å². The largest absolute Gasteiger partial charge is 0.493 e. The van der Waals surface area contributed by atoms with Crippen LogP contribution in [0.5, 0.6) is 11.5 Å². The average molecular weight is 453 g/mol. The number of ether oxygens (including phenoxy) is 2. The van der Waals surface area contributed by atoms with Crippen molar-refractivity contribution in [2.75, 3.05) is 20.0 Å². The molecule has 0 saturated heterocycles. The van der Waals surface area contributed by atoms with Crippen LogP contribution in [0, 0.1) is 11.3 Å². The van der Waals surface area contributed by atoms with Gasteiger partial charge >= 0.3 is 6.18 Å². The highest BCUT2D eigenvalue weighted by Crippen LogP contribution is 2.39. The first-order chi connectivity index (χ1) is 14.4. The minimum atomic E-state index is -4.78. The molecule has 0 aliphatic heterocycles. The lowest BCUT2D eigenvalue weighted by molar-refractivity contribution is -0.138. The molecule has 6 nitrogen and oxygen atoms in total. The fourth-order valence-electron chi connectivity index (χ4n) is 2.69. The first-order valence-corrected chi connectivity index (χ1v) is 10.1. The molecule has 0 spiro atoms. The molecule has 10 heteroatoms. The Morgan fingerprint density at radius 2 is 1.81 bits per heavy atom. The zero-order valence-corrected chi connectivity index (χ0v) is 18.5. The summed E-state index contributed by atoms with van der Waals surface area (Å²) in [7, 11) is 2.85. The highest BCUT2D eigenvalue weighted by atomic mass is 32.2. The van der Waals surface area contributed by atoms with E-state index in [1.165, 1.54) is 26.4 Å². The fraction of sp³-hybridized carbons (Fsp3) is 0.381. The Labute approximate surface area is 182 Å². The number of carbonyl (C=O) groups excluding carboxylic acids is 1. The molecule has 166 valence electrons. The van der Waals surface area contributed by atoms with Gasteiger partial charge in [-0.15, -0.1) is 0 Å². The lowest BCUT2D eigenvalue weighted by Gasteiger charge is -2.20. The van der Waals surface area contributed by atoms with Crippen LogP contribution in [0.25, 0.3) is 11.3 Å². The molecule has 1 aromatic carbocycles. The van der Waals surface area contributed by atoms with Crippen LogP contribution in [-0.2, 0) is 11.0 Å². The fourth-order valence-corrected chi connectivity index (χ4v) is 3.49. The molecule has 1 heterocycles. The zero-order valence-electron chi connectivity index (χ0n) is 17.7. The van der Waals surface area contributed by atoms with Gasteiger partial charge in [-0.3, -0.25) is 4.79 Å². The van der Waals surface area contributed by atoms with Crippen LogP contribution < -0.4 is 14.8 Å². The van der Waals surface area contributed by atoms with Gasteiger partial charge in [0, 0.05) is 11.1 Å². The molecule has 0 atom stereocenters. The molecule has 0 radical (unpaired) electrons. The van der Waals surface area contributed by atoms with Gasteiger partial charge < -0.3 is 14.8 Å². The zero-order chi connectivity index (χ0) is 23.4. The number of alkyl halides is 3. The molecule has 0 unspecified atom stereocenters. The lowest BCUT2D eigenvalue weighted by Crippen LogP contribution is -2.41. The third-order valence-electron chi connectivity index (χ3n) is 3.94. The summed E-state index contributed by atoms with van der Waals surface area (Å²) >= 11 is 0.776. The molecule has 0 aliphatic carbocycles. The number of rotatable bonds is 6. The number of thioether (sulfide) groups is 1. The van der Waals surface area contributed by atoms with Crippen LogP contribution in [-0.4, -0.2) is 36.4 Å². The second-order valence-corrected chi connectivity index (χ2v) is 8.47. The van der Waals surface area contributed by atoms with E-state index in [1.54, 1.807) is 32.9 Å². The summed E-state index contributed by atoms with van der Waals surface area (Å²) in [6.45, 7) is 5.36. The van der Waals surface area contributed by atoms with Crippen molar-refractivity contribution in [3.8, 4) is 28.8 Å². The predicted molar refractivity (Wildman–Crippen MR) is 111 cm³/mol. The van der Waals surface area contributed by atoms with Crippen molar-refractivity contribution in [1.82, 2.24) is 10.3 Å². The standard InChI is InChI=1S/C21H22F3N3O3S/c1-20(2,3)27-18(28)11-31-19-13(10-25)14(21(22,23)24)9-15(26-19)12-6-7-16(29-4)17(8-12)30-5/h6-9H,11H2,1-5H3,(H,27,28). The van der Waals surface area contributed by atoms with Crippen molar-refractivity contribution in [2.45, 2.75) is 37.5 Å². The summed E-state index contributed by atoms with van der Waals surface area (Å²) in [5.74, 6) is 0.155. The number of hydrogen-bond donors (Lipinski definition) is 1. The minimum Gasteiger partial charge on any atom is -0.493 e. The first kappa shape index (κ1) is 24.3. The summed E-state index contributed by atoms with van der Waals surface area (Å²) < 4.78 is 51.4. The van der Waals surface area contributed by atoms with Crippen LogP contribution in [0.2, 0.25) is 0 Å². The molecule has 2 aromatic rings. The molecular formula is C21H22F3N3O3S. The van der Waals surface area contributed by atoms with Crippen LogP contribution >= 0.6 is 11.8 Å². The number of halogens is 3. The number of benzene rings is 1. The van der Waals surface area contributed by atoms with Crippen molar-refractivity contribution in [3.63, 3.8) is 0 Å². The topological polar surface area (TPSA) is 84.2 Å². The van der Waals surface area contributed by atoms with Crippen LogP contribution in [0.15, 0.2) is 29.3 Å². The number of carbonyl (C=O) groups is 1. The van der Waals surface area contributed by atoms with Gasteiger partial charge in [-0.05, 0) is 45.0 Å². The summed E-state index contributed by atoms with van der Waals surface area (Å²) in [5, 5.41) is 11.9. The van der Waals surface area contributed by atoms with E-state index in [0.717, 1.165) is 17.8 Å². The molecule has 1 N–H and O–H groups in total. The molecule has 1 aromatic heterocycles. The Balaban J connectivity index is 2.55. The van der Waals surface area contributed by atoms with E-state index >= 15 is 0 Å². The second kappa shape index (κ2) is 9.47. The molecule has 31 heavy (non-hydrogen) atoms. The number of aromatic nitrogens is 1. The van der Waals surface area contributed by atoms with E-state index in [0.29, 0.717) is 17.1 Å². The molecule has 1 amide bonds. The van der Waals surface area contributed by atoms with Gasteiger partial charge in [0.1, 0.15) is 11.1 Å². The summed E-state index contributed by atoms with van der Waals surface area (Å²) in [5.41, 5.74) is -1.90. The molecular weight excluding hydrogens is 431 g/mol. The van der Waals surface area contributed by atoms with E-state index in [2.05, 4.69) is 10.3 Å². The quantitative estimate of drug-likeness (QED) is 0.641. The van der Waals surface area contributed by atoms with Crippen molar-refractivity contribution >= 4 is 17.7 Å². The Kier molecular flexibility index (Phi) is 7.44. The number of nitriles is 1. The van der Waals surface area contributed by atoms with Gasteiger partial charge in [-0.25, -0.2) is 4.98 Å². The van der Waals surface area contributed by atoms with Crippen LogP contribution in [0.4, 0.5) is 13.2 Å². The van der Waals surface area contributed by atoms with Gasteiger partial charge in [-0.1, -0.05) is 11.8 Å². The van der Waals surface area contributed by atoms with E-state index < -0.39 is 22.8 Å². The lowest BCUT2D eigenvalue weighted by atomic mass is 10.0. The molecule has 2 rings (SSSR count). The number of nitrogens with zero attached hydrogens (tertiary/aromatic N) is 2. The van der Waals surface area contributed by atoms with Gasteiger partial charge in [0.2, 0.25) is 5.91 Å². The Hall–Kier alpha value is -2.93. The highest BCUT2D eigenvalue weighted by Gasteiger charge is 2.36. The second-order valence-electron chi connectivity index (χ2n) is 7.50. The Morgan fingerprint density at radius 3 is 2.32 bits per heavy atom. The third kappa shape index (κ3) is 6.28. The molecule has 0 saturated carbocycles. The monoisotopic (exact) mass is 453 g/mol. The minimum absolute atomic E-state index is 0.00833. The molecule has 0 bridgehead atoms. The van der Waals surface area contributed by atoms with E-state index in [4.69, 9.17) is 9.47 Å².